The molecule has 2 aromatic heterocycles. The van der Waals surface area contributed by atoms with Gasteiger partial charge in [-0.15, -0.1) is 0 Å². The van der Waals surface area contributed by atoms with Crippen LogP contribution < -0.4 is 5.73 Å². The Morgan fingerprint density at radius 2 is 2.10 bits per heavy atom. The summed E-state index contributed by atoms with van der Waals surface area (Å²) in [5.41, 5.74) is 8.25. The van der Waals surface area contributed by atoms with E-state index in [0.717, 1.165) is 35.0 Å². The van der Waals surface area contributed by atoms with Gasteiger partial charge < -0.3 is 15.5 Å². The van der Waals surface area contributed by atoms with Crippen LogP contribution in [0.1, 0.15) is 30.0 Å². The molecule has 10 heteroatoms. The highest BCUT2D eigenvalue weighted by atomic mass is 19.4. The predicted octanol–water partition coefficient (Wildman–Crippen LogP) is 3.72. The van der Waals surface area contributed by atoms with E-state index in [4.69, 9.17) is 15.9 Å². The van der Waals surface area contributed by atoms with Crippen molar-refractivity contribution < 1.29 is 17.9 Å². The third kappa shape index (κ3) is 4.36. The highest BCUT2D eigenvalue weighted by molar-refractivity contribution is 6.03. The molecule has 0 atom stereocenters. The van der Waals surface area contributed by atoms with Gasteiger partial charge in [0.25, 0.3) is 6.02 Å². The van der Waals surface area contributed by atoms with E-state index in [2.05, 4.69) is 19.9 Å². The number of nitrogens with one attached hydrogen (secondary N) is 2. The van der Waals surface area contributed by atoms with Crippen molar-refractivity contribution in [2.75, 3.05) is 6.54 Å². The Hall–Kier alpha value is -3.43. The second-order valence-electron chi connectivity index (χ2n) is 6.74. The van der Waals surface area contributed by atoms with Gasteiger partial charge in [0.1, 0.15) is 6.54 Å². The van der Waals surface area contributed by atoms with Crippen molar-refractivity contribution in [2.24, 2.45) is 10.7 Å². The Kier molecular flexibility index (Phi) is 4.69. The minimum Gasteiger partial charge on any atom is -0.407 e. The van der Waals surface area contributed by atoms with Crippen molar-refractivity contribution in [1.29, 1.82) is 5.41 Å². The number of aromatic nitrogens is 3. The highest BCUT2D eigenvalue weighted by Crippen LogP contribution is 2.39. The van der Waals surface area contributed by atoms with Crippen LogP contribution in [0.2, 0.25) is 0 Å². The number of aromatic amines is 1. The molecule has 29 heavy (non-hydrogen) atoms. The largest absolute Gasteiger partial charge is 0.408 e. The summed E-state index contributed by atoms with van der Waals surface area (Å²) in [6.07, 6.45) is 1.26. The van der Waals surface area contributed by atoms with E-state index >= 15 is 0 Å². The zero-order chi connectivity index (χ0) is 20.6. The molecule has 3 aromatic rings. The van der Waals surface area contributed by atoms with Gasteiger partial charge in [0.15, 0.2) is 5.82 Å². The quantitative estimate of drug-likeness (QED) is 0.456. The maximum absolute atomic E-state index is 12.2. The number of nitrogens with zero attached hydrogens (tertiary/aromatic N) is 3. The zero-order valence-electron chi connectivity index (χ0n) is 15.1. The Morgan fingerprint density at radius 1 is 1.31 bits per heavy atom. The normalized spacial score (nSPS) is 14.9. The van der Waals surface area contributed by atoms with Gasteiger partial charge in [0.2, 0.25) is 5.90 Å². The van der Waals surface area contributed by atoms with Crippen LogP contribution in [-0.4, -0.2) is 39.6 Å². The lowest BCUT2D eigenvalue weighted by Crippen LogP contribution is -2.24. The van der Waals surface area contributed by atoms with Gasteiger partial charge in [-0.25, -0.2) is 15.0 Å². The first kappa shape index (κ1) is 18.9. The van der Waals surface area contributed by atoms with Crippen LogP contribution >= 0.6 is 0 Å². The molecule has 1 aromatic carbocycles. The van der Waals surface area contributed by atoms with Gasteiger partial charge in [-0.1, -0.05) is 0 Å². The predicted molar refractivity (Wildman–Crippen MR) is 102 cm³/mol. The summed E-state index contributed by atoms with van der Waals surface area (Å²) in [6, 6.07) is 6.20. The molecule has 0 aliphatic heterocycles. The number of rotatable bonds is 4. The van der Waals surface area contributed by atoms with E-state index in [9.17, 15) is 13.2 Å². The molecular weight excluding hydrogens is 385 g/mol. The molecular formula is C19H17F3N6O. The number of fused-ring (bicyclic) bond motifs is 1. The molecule has 0 spiro atoms. The lowest BCUT2D eigenvalue weighted by molar-refractivity contribution is -0.118. The second-order valence-corrected chi connectivity index (χ2v) is 6.74. The van der Waals surface area contributed by atoms with Gasteiger partial charge in [-0.2, -0.15) is 13.2 Å². The Labute approximate surface area is 163 Å². The first-order valence-electron chi connectivity index (χ1n) is 8.88. The number of hydrogen-bond donors (Lipinski definition) is 3. The maximum Gasteiger partial charge on any atom is 0.408 e. The molecule has 0 saturated heterocycles. The van der Waals surface area contributed by atoms with E-state index in [1.165, 1.54) is 0 Å². The van der Waals surface area contributed by atoms with Crippen LogP contribution in [0.15, 0.2) is 41.7 Å². The first-order valence-corrected chi connectivity index (χ1v) is 8.88. The summed E-state index contributed by atoms with van der Waals surface area (Å²) < 4.78 is 41.6. The molecule has 0 radical (unpaired) electrons. The SMILES string of the molecule is N=C(OC(N)=NCC(F)(F)F)c1ccc2[nH]cc(-c3nccc(C4CC4)n3)c2c1. The summed E-state index contributed by atoms with van der Waals surface area (Å²) >= 11 is 0. The molecule has 0 unspecified atom stereocenters. The molecule has 150 valence electrons. The van der Waals surface area contributed by atoms with Gasteiger partial charge in [-0.05, 0) is 37.1 Å². The Balaban J connectivity index is 1.60. The summed E-state index contributed by atoms with van der Waals surface area (Å²) in [5, 5.41) is 8.75. The fraction of sp³-hybridized carbons (Fsp3) is 0.263. The fourth-order valence-corrected chi connectivity index (χ4v) is 2.92. The first-order chi connectivity index (χ1) is 13.8. The minimum atomic E-state index is -4.50. The van der Waals surface area contributed by atoms with Crippen LogP contribution in [0, 0.1) is 5.41 Å². The molecule has 0 bridgehead atoms. The number of ether oxygens (including phenoxy) is 1. The van der Waals surface area contributed by atoms with E-state index in [1.807, 2.05) is 6.07 Å². The van der Waals surface area contributed by atoms with Crippen molar-refractivity contribution in [1.82, 2.24) is 15.0 Å². The Bertz CT molecular complexity index is 1100. The van der Waals surface area contributed by atoms with Gasteiger partial charge >= 0.3 is 6.18 Å². The molecule has 4 N–H and O–H groups in total. The number of alkyl halides is 3. The van der Waals surface area contributed by atoms with Crippen molar-refractivity contribution in [3.63, 3.8) is 0 Å². The number of benzene rings is 1. The van der Waals surface area contributed by atoms with E-state index in [-0.39, 0.29) is 0 Å². The van der Waals surface area contributed by atoms with Crippen LogP contribution in [0.3, 0.4) is 0 Å². The molecule has 7 nitrogen and oxygen atoms in total. The van der Waals surface area contributed by atoms with E-state index in [1.54, 1.807) is 30.6 Å². The van der Waals surface area contributed by atoms with Crippen molar-refractivity contribution in [3.8, 4) is 11.4 Å². The topological polar surface area (TPSA) is 113 Å². The van der Waals surface area contributed by atoms with E-state index in [0.29, 0.717) is 17.3 Å². The number of halogens is 3. The zero-order valence-corrected chi connectivity index (χ0v) is 15.1. The van der Waals surface area contributed by atoms with E-state index < -0.39 is 24.6 Å². The number of aliphatic imine (C=N–C) groups is 1. The molecule has 1 fully saturated rings. The maximum atomic E-state index is 12.2. The third-order valence-corrected chi connectivity index (χ3v) is 4.48. The smallest absolute Gasteiger partial charge is 0.407 e. The summed E-state index contributed by atoms with van der Waals surface area (Å²) in [4.78, 5) is 15.2. The van der Waals surface area contributed by atoms with Crippen molar-refractivity contribution >= 4 is 22.8 Å². The summed E-state index contributed by atoms with van der Waals surface area (Å²) in [7, 11) is 0. The summed E-state index contributed by atoms with van der Waals surface area (Å²) in [6.45, 7) is -1.47. The lowest BCUT2D eigenvalue weighted by Gasteiger charge is -2.08. The van der Waals surface area contributed by atoms with Gasteiger partial charge in [-0.3, -0.25) is 5.41 Å². The molecule has 1 aliphatic carbocycles. The number of amidine groups is 1. The second kappa shape index (κ2) is 7.19. The third-order valence-electron chi connectivity index (χ3n) is 4.48. The molecule has 1 aliphatic rings. The molecule has 4 rings (SSSR count). The summed E-state index contributed by atoms with van der Waals surface area (Å²) in [5.74, 6) is 0.643. The van der Waals surface area contributed by atoms with Crippen molar-refractivity contribution in [2.45, 2.75) is 24.9 Å². The Morgan fingerprint density at radius 3 is 2.83 bits per heavy atom. The van der Waals surface area contributed by atoms with Crippen LogP contribution in [0.5, 0.6) is 0 Å². The standard InChI is InChI=1S/C19H17F3N6O/c20-19(21,22)9-27-18(24)29-16(23)11-3-4-15-12(7-11)13(8-26-15)17-25-6-5-14(28-17)10-1-2-10/h3-8,10,23,26H,1-2,9H2,(H2,24,27). The van der Waals surface area contributed by atoms with Crippen LogP contribution in [0.25, 0.3) is 22.3 Å². The average molecular weight is 402 g/mol. The average Bonchev–Trinajstić information content (AvgIpc) is 3.45. The van der Waals surface area contributed by atoms with Crippen molar-refractivity contribution in [3.05, 3.63) is 47.9 Å². The van der Waals surface area contributed by atoms with Gasteiger partial charge in [0, 0.05) is 46.0 Å². The molecule has 1 saturated carbocycles. The number of nitrogens with two attached hydrogens (primary N) is 1. The number of hydrogen-bond acceptors (Lipinski definition) is 5. The van der Waals surface area contributed by atoms with Crippen LogP contribution in [-0.2, 0) is 4.74 Å². The van der Waals surface area contributed by atoms with Crippen LogP contribution in [0.4, 0.5) is 13.2 Å². The molecule has 2 heterocycles. The molecule has 0 amide bonds. The lowest BCUT2D eigenvalue weighted by atomic mass is 10.1. The van der Waals surface area contributed by atoms with Gasteiger partial charge in [0.05, 0.1) is 0 Å². The highest BCUT2D eigenvalue weighted by Gasteiger charge is 2.27. The minimum absolute atomic E-state index is 0.335. The fourth-order valence-electron chi connectivity index (χ4n) is 2.92. The number of H-pyrrole nitrogens is 1. The monoisotopic (exact) mass is 402 g/mol.